The molecule has 0 heterocycles. The standard InChI is InChI=1S/C17H28ClN3O/c1-3-9-17(22,10-4-2)11-8-14-6-5-7-15(12-14)13-20-16(19)21-18/h5-7,12,22H,3-4,8-11,13H2,1-2H3,(H3,19,20,21). The molecule has 0 aliphatic carbocycles. The second-order valence-corrected chi connectivity index (χ2v) is 6.04. The lowest BCUT2D eigenvalue weighted by Gasteiger charge is -2.27. The molecule has 0 saturated carbocycles. The number of nitrogens with zero attached hydrogens (tertiary/aromatic N) is 1. The highest BCUT2D eigenvalue weighted by atomic mass is 35.5. The third kappa shape index (κ3) is 6.67. The van der Waals surface area contributed by atoms with Gasteiger partial charge in [0, 0.05) is 18.3 Å². The molecule has 0 saturated heterocycles. The van der Waals surface area contributed by atoms with Crippen molar-refractivity contribution < 1.29 is 5.11 Å². The fourth-order valence-electron chi connectivity index (χ4n) is 2.80. The van der Waals surface area contributed by atoms with Gasteiger partial charge in [0.05, 0.1) is 5.60 Å². The van der Waals surface area contributed by atoms with E-state index < -0.39 is 5.60 Å². The summed E-state index contributed by atoms with van der Waals surface area (Å²) in [7, 11) is 0. The molecule has 22 heavy (non-hydrogen) atoms. The summed E-state index contributed by atoms with van der Waals surface area (Å²) in [5.74, 6) is 0.215. The Morgan fingerprint density at radius 3 is 2.45 bits per heavy atom. The van der Waals surface area contributed by atoms with Crippen LogP contribution in [-0.4, -0.2) is 16.7 Å². The number of rotatable bonds is 9. The average Bonchev–Trinajstić information content (AvgIpc) is 2.51. The van der Waals surface area contributed by atoms with Crippen LogP contribution in [0.5, 0.6) is 0 Å². The summed E-state index contributed by atoms with van der Waals surface area (Å²) in [6.07, 6.45) is 5.44. The monoisotopic (exact) mass is 325 g/mol. The SMILES string of the molecule is CCCC(O)(CCC)CCc1cccc(CN/C(N)=N/Cl)c1. The number of aryl methyl sites for hydroxylation is 1. The molecule has 1 rings (SSSR count). The summed E-state index contributed by atoms with van der Waals surface area (Å²) in [4.78, 5) is 0. The molecule has 0 aliphatic rings. The van der Waals surface area contributed by atoms with E-state index in [0.717, 1.165) is 44.1 Å². The van der Waals surface area contributed by atoms with Crippen LogP contribution in [0.4, 0.5) is 0 Å². The lowest BCUT2D eigenvalue weighted by Crippen LogP contribution is -2.30. The predicted molar refractivity (Wildman–Crippen MR) is 93.8 cm³/mol. The number of benzene rings is 1. The summed E-state index contributed by atoms with van der Waals surface area (Å²) < 4.78 is 3.36. The van der Waals surface area contributed by atoms with E-state index in [2.05, 4.69) is 35.8 Å². The molecular formula is C17H28ClN3O. The third-order valence-electron chi connectivity index (χ3n) is 3.87. The first-order valence-electron chi connectivity index (χ1n) is 8.01. The van der Waals surface area contributed by atoms with Gasteiger partial charge < -0.3 is 16.2 Å². The van der Waals surface area contributed by atoms with Crippen molar-refractivity contribution in [2.45, 2.75) is 64.5 Å². The van der Waals surface area contributed by atoms with Gasteiger partial charge in [0.25, 0.3) is 0 Å². The fourth-order valence-corrected chi connectivity index (χ4v) is 2.86. The first kappa shape index (κ1) is 18.8. The lowest BCUT2D eigenvalue weighted by atomic mass is 9.86. The van der Waals surface area contributed by atoms with Crippen molar-refractivity contribution in [1.82, 2.24) is 5.32 Å². The first-order chi connectivity index (χ1) is 10.5. The molecule has 4 nitrogen and oxygen atoms in total. The molecule has 0 atom stereocenters. The van der Waals surface area contributed by atoms with Crippen LogP contribution in [0.3, 0.4) is 0 Å². The van der Waals surface area contributed by atoms with Crippen LogP contribution in [0.1, 0.15) is 57.1 Å². The molecule has 0 amide bonds. The van der Waals surface area contributed by atoms with E-state index in [-0.39, 0.29) is 5.96 Å². The van der Waals surface area contributed by atoms with Gasteiger partial charge in [0.15, 0.2) is 0 Å². The maximum absolute atomic E-state index is 10.7. The van der Waals surface area contributed by atoms with Gasteiger partial charge in [-0.05, 0) is 36.8 Å². The average molecular weight is 326 g/mol. The zero-order valence-corrected chi connectivity index (χ0v) is 14.4. The smallest absolute Gasteiger partial charge is 0.206 e. The maximum Gasteiger partial charge on any atom is 0.206 e. The normalized spacial score (nSPS) is 12.5. The number of hydrogen-bond donors (Lipinski definition) is 3. The minimum atomic E-state index is -0.534. The van der Waals surface area contributed by atoms with Crippen LogP contribution in [0.25, 0.3) is 0 Å². The van der Waals surface area contributed by atoms with Gasteiger partial charge in [-0.25, -0.2) is 0 Å². The Bertz CT molecular complexity index is 471. The van der Waals surface area contributed by atoms with E-state index in [4.69, 9.17) is 17.5 Å². The molecule has 0 unspecified atom stereocenters. The van der Waals surface area contributed by atoms with Crippen LogP contribution in [0.2, 0.25) is 0 Å². The Labute approximate surface area is 138 Å². The summed E-state index contributed by atoms with van der Waals surface area (Å²) in [5.41, 5.74) is 7.33. The Hall–Kier alpha value is -1.26. The number of nitrogens with one attached hydrogen (secondary N) is 1. The van der Waals surface area contributed by atoms with Crippen molar-refractivity contribution >= 4 is 17.7 Å². The van der Waals surface area contributed by atoms with Gasteiger partial charge >= 0.3 is 0 Å². The van der Waals surface area contributed by atoms with E-state index >= 15 is 0 Å². The van der Waals surface area contributed by atoms with E-state index in [1.807, 2.05) is 12.1 Å². The van der Waals surface area contributed by atoms with Crippen molar-refractivity contribution in [3.05, 3.63) is 35.4 Å². The van der Waals surface area contributed by atoms with Crippen molar-refractivity contribution in [3.63, 3.8) is 0 Å². The topological polar surface area (TPSA) is 70.6 Å². The van der Waals surface area contributed by atoms with Crippen molar-refractivity contribution in [2.24, 2.45) is 10.2 Å². The van der Waals surface area contributed by atoms with E-state index in [0.29, 0.717) is 6.54 Å². The summed E-state index contributed by atoms with van der Waals surface area (Å²) >= 11 is 5.28. The number of hydrogen-bond acceptors (Lipinski definition) is 2. The predicted octanol–water partition coefficient (Wildman–Crippen LogP) is 3.51. The number of aliphatic hydroxyl groups is 1. The Kier molecular flexibility index (Phi) is 8.28. The molecular weight excluding hydrogens is 298 g/mol. The van der Waals surface area contributed by atoms with Crippen molar-refractivity contribution in [1.29, 1.82) is 0 Å². The van der Waals surface area contributed by atoms with E-state index in [9.17, 15) is 5.11 Å². The Morgan fingerprint density at radius 1 is 1.23 bits per heavy atom. The quantitative estimate of drug-likeness (QED) is 0.480. The lowest BCUT2D eigenvalue weighted by molar-refractivity contribution is 0.0132. The molecule has 0 radical (unpaired) electrons. The number of guanidine groups is 1. The fraction of sp³-hybridized carbons (Fsp3) is 0.588. The minimum absolute atomic E-state index is 0.215. The van der Waals surface area contributed by atoms with E-state index in [1.54, 1.807) is 0 Å². The zero-order chi connectivity index (χ0) is 16.4. The maximum atomic E-state index is 10.7. The highest BCUT2D eigenvalue weighted by molar-refractivity contribution is 6.19. The Morgan fingerprint density at radius 2 is 1.86 bits per heavy atom. The number of halogens is 1. The van der Waals surface area contributed by atoms with Crippen molar-refractivity contribution in [3.8, 4) is 0 Å². The molecule has 4 N–H and O–H groups in total. The highest BCUT2D eigenvalue weighted by Gasteiger charge is 2.24. The second kappa shape index (κ2) is 9.70. The summed E-state index contributed by atoms with van der Waals surface area (Å²) in [5, 5.41) is 13.6. The molecule has 0 spiro atoms. The van der Waals surface area contributed by atoms with Gasteiger partial charge in [-0.15, -0.1) is 4.51 Å². The molecule has 124 valence electrons. The van der Waals surface area contributed by atoms with Crippen LogP contribution in [0.15, 0.2) is 28.8 Å². The third-order valence-corrected chi connectivity index (χ3v) is 4.05. The molecule has 1 aromatic rings. The second-order valence-electron chi connectivity index (χ2n) is 5.87. The summed E-state index contributed by atoms with van der Waals surface area (Å²) in [6, 6.07) is 8.29. The zero-order valence-electron chi connectivity index (χ0n) is 13.6. The Balaban J connectivity index is 2.61. The van der Waals surface area contributed by atoms with Gasteiger partial charge in [-0.1, -0.05) is 51.0 Å². The van der Waals surface area contributed by atoms with Crippen LogP contribution in [-0.2, 0) is 13.0 Å². The molecule has 0 bridgehead atoms. The molecule has 5 heteroatoms. The van der Waals surface area contributed by atoms with Gasteiger partial charge in [0.2, 0.25) is 5.96 Å². The molecule has 0 aromatic heterocycles. The largest absolute Gasteiger partial charge is 0.390 e. The van der Waals surface area contributed by atoms with Crippen LogP contribution in [0, 0.1) is 0 Å². The summed E-state index contributed by atoms with van der Waals surface area (Å²) in [6.45, 7) is 4.83. The van der Waals surface area contributed by atoms with Gasteiger partial charge in [0.1, 0.15) is 0 Å². The molecule has 0 fully saturated rings. The molecule has 1 aromatic carbocycles. The first-order valence-corrected chi connectivity index (χ1v) is 8.35. The van der Waals surface area contributed by atoms with Crippen LogP contribution >= 0.6 is 11.8 Å². The van der Waals surface area contributed by atoms with E-state index in [1.165, 1.54) is 5.56 Å². The van der Waals surface area contributed by atoms with Crippen molar-refractivity contribution in [2.75, 3.05) is 0 Å². The van der Waals surface area contributed by atoms with Gasteiger partial charge in [-0.2, -0.15) is 0 Å². The highest BCUT2D eigenvalue weighted by Crippen LogP contribution is 2.25. The van der Waals surface area contributed by atoms with Gasteiger partial charge in [-0.3, -0.25) is 0 Å². The molecule has 0 aliphatic heterocycles. The minimum Gasteiger partial charge on any atom is -0.390 e. The number of nitrogens with two attached hydrogens (primary N) is 1. The van der Waals surface area contributed by atoms with Crippen LogP contribution < -0.4 is 11.1 Å².